The number of hydrogen-bond donors (Lipinski definition) is 1. The average molecular weight is 241 g/mol. The predicted octanol–water partition coefficient (Wildman–Crippen LogP) is 0.378. The fourth-order valence-electron chi connectivity index (χ4n) is 2.89. The fraction of sp³-hybridized carbons (Fsp3) is 1.00. The van der Waals surface area contributed by atoms with Gasteiger partial charge in [-0.1, -0.05) is 13.8 Å². The molecule has 2 unspecified atom stereocenters. The highest BCUT2D eigenvalue weighted by Gasteiger charge is 2.39. The van der Waals surface area contributed by atoms with Crippen LogP contribution < -0.4 is 5.73 Å². The summed E-state index contributed by atoms with van der Waals surface area (Å²) in [5, 5.41) is 0. The van der Waals surface area contributed by atoms with Crippen LogP contribution in [0.1, 0.15) is 20.3 Å². The van der Waals surface area contributed by atoms with Gasteiger partial charge in [-0.05, 0) is 13.0 Å². The number of hydrogen-bond acceptors (Lipinski definition) is 4. The number of rotatable bonds is 4. The van der Waals surface area contributed by atoms with Crippen molar-refractivity contribution in [1.29, 1.82) is 0 Å². The van der Waals surface area contributed by atoms with E-state index in [1.807, 2.05) is 0 Å². The van der Waals surface area contributed by atoms with Crippen LogP contribution in [-0.2, 0) is 4.74 Å². The van der Waals surface area contributed by atoms with Gasteiger partial charge in [0.1, 0.15) is 0 Å². The van der Waals surface area contributed by atoms with E-state index in [2.05, 4.69) is 23.6 Å². The second-order valence-electron chi connectivity index (χ2n) is 5.89. The molecular formula is C13H27N3O. The number of nitrogens with zero attached hydrogens (tertiary/aromatic N) is 2. The number of nitrogens with two attached hydrogens (primary N) is 1. The third-order valence-corrected chi connectivity index (χ3v) is 4.21. The predicted molar refractivity (Wildman–Crippen MR) is 70.1 cm³/mol. The van der Waals surface area contributed by atoms with E-state index in [9.17, 15) is 0 Å². The van der Waals surface area contributed by atoms with Gasteiger partial charge in [-0.25, -0.2) is 0 Å². The Morgan fingerprint density at radius 2 is 1.88 bits per heavy atom. The number of piperazine rings is 1. The second kappa shape index (κ2) is 5.65. The summed E-state index contributed by atoms with van der Waals surface area (Å²) >= 11 is 0. The molecule has 2 fully saturated rings. The zero-order chi connectivity index (χ0) is 12.3. The minimum absolute atomic E-state index is 0.160. The van der Waals surface area contributed by atoms with E-state index in [4.69, 9.17) is 10.5 Å². The summed E-state index contributed by atoms with van der Waals surface area (Å²) in [5.41, 5.74) is 6.30. The minimum atomic E-state index is 0.160. The van der Waals surface area contributed by atoms with Crippen LogP contribution in [0.4, 0.5) is 0 Å². The standard InChI is InChI=1S/C13H27N3O/c1-3-4-15-5-7-16(8-6-15)10-13(2)11-17-9-12(13)14/h12H,3-11,14H2,1-2H3. The molecular weight excluding hydrogens is 214 g/mol. The third-order valence-electron chi connectivity index (χ3n) is 4.21. The Labute approximate surface area is 105 Å². The summed E-state index contributed by atoms with van der Waals surface area (Å²) in [6.45, 7) is 13.2. The van der Waals surface area contributed by atoms with E-state index >= 15 is 0 Å². The SMILES string of the molecule is CCCN1CCN(CC2(C)COCC2N)CC1. The molecule has 2 heterocycles. The Balaban J connectivity index is 1.78. The summed E-state index contributed by atoms with van der Waals surface area (Å²) in [7, 11) is 0. The Hall–Kier alpha value is -0.160. The molecule has 0 amide bonds. The average Bonchev–Trinajstić information content (AvgIpc) is 2.62. The van der Waals surface area contributed by atoms with Gasteiger partial charge in [-0.3, -0.25) is 0 Å². The molecule has 2 aliphatic heterocycles. The lowest BCUT2D eigenvalue weighted by atomic mass is 9.85. The first-order chi connectivity index (χ1) is 8.14. The summed E-state index contributed by atoms with van der Waals surface area (Å²) in [6, 6.07) is 0.205. The third kappa shape index (κ3) is 3.19. The van der Waals surface area contributed by atoms with Crippen molar-refractivity contribution in [3.63, 3.8) is 0 Å². The molecule has 4 nitrogen and oxygen atoms in total. The summed E-state index contributed by atoms with van der Waals surface area (Å²) in [4.78, 5) is 5.12. The highest BCUT2D eigenvalue weighted by Crippen LogP contribution is 2.28. The van der Waals surface area contributed by atoms with Gasteiger partial charge in [0.15, 0.2) is 0 Å². The van der Waals surface area contributed by atoms with Crippen LogP contribution in [0.15, 0.2) is 0 Å². The lowest BCUT2D eigenvalue weighted by Gasteiger charge is -2.39. The molecule has 0 spiro atoms. The zero-order valence-corrected chi connectivity index (χ0v) is 11.3. The molecule has 0 radical (unpaired) electrons. The van der Waals surface area contributed by atoms with Gasteiger partial charge < -0.3 is 20.3 Å². The Bertz CT molecular complexity index is 241. The van der Waals surface area contributed by atoms with Gasteiger partial charge in [0.2, 0.25) is 0 Å². The summed E-state index contributed by atoms with van der Waals surface area (Å²) in [5.74, 6) is 0. The first kappa shape index (κ1) is 13.3. The molecule has 0 saturated carbocycles. The van der Waals surface area contributed by atoms with E-state index < -0.39 is 0 Å². The second-order valence-corrected chi connectivity index (χ2v) is 5.89. The van der Waals surface area contributed by atoms with Crippen molar-refractivity contribution >= 4 is 0 Å². The highest BCUT2D eigenvalue weighted by molar-refractivity contribution is 4.93. The Kier molecular flexibility index (Phi) is 4.42. The van der Waals surface area contributed by atoms with E-state index in [-0.39, 0.29) is 11.5 Å². The normalized spacial score (nSPS) is 36.5. The molecule has 2 N–H and O–H groups in total. The molecule has 0 aromatic heterocycles. The quantitative estimate of drug-likeness (QED) is 0.772. The first-order valence-electron chi connectivity index (χ1n) is 6.92. The van der Waals surface area contributed by atoms with Crippen molar-refractivity contribution in [3.05, 3.63) is 0 Å². The molecule has 4 heteroatoms. The minimum Gasteiger partial charge on any atom is -0.379 e. The van der Waals surface area contributed by atoms with E-state index in [0.29, 0.717) is 0 Å². The van der Waals surface area contributed by atoms with Gasteiger partial charge in [0, 0.05) is 44.2 Å². The smallest absolute Gasteiger partial charge is 0.0624 e. The van der Waals surface area contributed by atoms with Crippen LogP contribution in [0.2, 0.25) is 0 Å². The maximum absolute atomic E-state index is 6.14. The highest BCUT2D eigenvalue weighted by atomic mass is 16.5. The molecule has 2 saturated heterocycles. The van der Waals surface area contributed by atoms with Crippen molar-refractivity contribution in [3.8, 4) is 0 Å². The summed E-state index contributed by atoms with van der Waals surface area (Å²) < 4.78 is 5.51. The lowest BCUT2D eigenvalue weighted by Crippen LogP contribution is -2.53. The molecule has 2 aliphatic rings. The van der Waals surface area contributed by atoms with Crippen LogP contribution in [-0.4, -0.2) is 68.3 Å². The lowest BCUT2D eigenvalue weighted by molar-refractivity contribution is 0.0769. The van der Waals surface area contributed by atoms with Gasteiger partial charge in [-0.2, -0.15) is 0 Å². The monoisotopic (exact) mass is 241 g/mol. The van der Waals surface area contributed by atoms with Gasteiger partial charge >= 0.3 is 0 Å². The molecule has 0 bridgehead atoms. The van der Waals surface area contributed by atoms with Crippen LogP contribution in [0.3, 0.4) is 0 Å². The molecule has 100 valence electrons. The van der Waals surface area contributed by atoms with Crippen molar-refractivity contribution in [2.45, 2.75) is 26.3 Å². The zero-order valence-electron chi connectivity index (χ0n) is 11.3. The van der Waals surface area contributed by atoms with Crippen molar-refractivity contribution in [2.75, 3.05) is 52.5 Å². The van der Waals surface area contributed by atoms with Crippen LogP contribution in [0.25, 0.3) is 0 Å². The maximum Gasteiger partial charge on any atom is 0.0624 e. The fourth-order valence-corrected chi connectivity index (χ4v) is 2.89. The first-order valence-corrected chi connectivity index (χ1v) is 6.92. The van der Waals surface area contributed by atoms with Gasteiger partial charge in [-0.15, -0.1) is 0 Å². The molecule has 2 rings (SSSR count). The summed E-state index contributed by atoms with van der Waals surface area (Å²) in [6.07, 6.45) is 1.26. The molecule has 0 aromatic rings. The van der Waals surface area contributed by atoms with Gasteiger partial charge in [0.05, 0.1) is 13.2 Å². The largest absolute Gasteiger partial charge is 0.379 e. The molecule has 2 atom stereocenters. The molecule has 0 aromatic carbocycles. The van der Waals surface area contributed by atoms with E-state index in [0.717, 1.165) is 19.8 Å². The van der Waals surface area contributed by atoms with Crippen molar-refractivity contribution < 1.29 is 4.74 Å². The Morgan fingerprint density at radius 1 is 1.24 bits per heavy atom. The molecule has 17 heavy (non-hydrogen) atoms. The van der Waals surface area contributed by atoms with Crippen LogP contribution >= 0.6 is 0 Å². The van der Waals surface area contributed by atoms with E-state index in [1.165, 1.54) is 39.1 Å². The topological polar surface area (TPSA) is 41.7 Å². The van der Waals surface area contributed by atoms with E-state index in [1.54, 1.807) is 0 Å². The maximum atomic E-state index is 6.14. The van der Waals surface area contributed by atoms with Gasteiger partial charge in [0.25, 0.3) is 0 Å². The Morgan fingerprint density at radius 3 is 2.41 bits per heavy atom. The number of ether oxygens (including phenoxy) is 1. The van der Waals surface area contributed by atoms with Crippen molar-refractivity contribution in [1.82, 2.24) is 9.80 Å². The molecule has 0 aliphatic carbocycles. The van der Waals surface area contributed by atoms with Crippen molar-refractivity contribution in [2.24, 2.45) is 11.1 Å². The van der Waals surface area contributed by atoms with Crippen LogP contribution in [0, 0.1) is 5.41 Å². The van der Waals surface area contributed by atoms with Crippen LogP contribution in [0.5, 0.6) is 0 Å².